The van der Waals surface area contributed by atoms with Crippen LogP contribution in [0.2, 0.25) is 0 Å². The summed E-state index contributed by atoms with van der Waals surface area (Å²) in [5.74, 6) is 0. The number of fused-ring (bicyclic) bond motifs is 6. The van der Waals surface area contributed by atoms with Gasteiger partial charge in [0, 0.05) is 90.2 Å². The van der Waals surface area contributed by atoms with Gasteiger partial charge in [-0.2, -0.15) is 0 Å². The van der Waals surface area contributed by atoms with Crippen LogP contribution in [-0.2, 0) is 13.1 Å². The molecule has 2 heterocycles. The Morgan fingerprint density at radius 1 is 0.282 bits per heavy atom. The number of aryl methyl sites for hydroxylation is 2. The molecule has 16 rings (SSSR count). The highest BCUT2D eigenvalue weighted by Gasteiger charge is 2.23. The van der Waals surface area contributed by atoms with Gasteiger partial charge in [0.05, 0.1) is 11.4 Å². The van der Waals surface area contributed by atoms with Gasteiger partial charge < -0.3 is 18.9 Å². The Morgan fingerprint density at radius 3 is 1.03 bits per heavy atom. The van der Waals surface area contributed by atoms with Crippen LogP contribution in [0.3, 0.4) is 0 Å². The van der Waals surface area contributed by atoms with Crippen LogP contribution in [0.1, 0.15) is 25.0 Å². The molecule has 0 saturated heterocycles. The first-order valence-corrected chi connectivity index (χ1v) is 27.4. The molecule has 0 N–H and O–H groups in total. The fourth-order valence-electron chi connectivity index (χ4n) is 13.4. The fraction of sp³-hybridized carbons (Fsp3) is 0.0541. The normalized spacial score (nSPS) is 12.3. The Hall–Kier alpha value is -9.90. The Kier molecular flexibility index (Phi) is 9.86. The number of rotatable bonds is 10. The monoisotopic (exact) mass is 996 g/mol. The summed E-state index contributed by atoms with van der Waals surface area (Å²) in [5, 5.41) is 20.4. The molecule has 0 unspecified atom stereocenters. The first-order chi connectivity index (χ1) is 38.6. The Labute approximate surface area is 451 Å². The molecule has 2 aromatic heterocycles. The van der Waals surface area contributed by atoms with Crippen LogP contribution in [0.15, 0.2) is 243 Å². The van der Waals surface area contributed by atoms with Gasteiger partial charge in [-0.25, -0.2) is 0 Å². The zero-order chi connectivity index (χ0) is 51.6. The molecule has 0 spiro atoms. The van der Waals surface area contributed by atoms with E-state index in [9.17, 15) is 0 Å². The summed E-state index contributed by atoms with van der Waals surface area (Å²) >= 11 is 0. The molecule has 0 saturated carbocycles. The first-order valence-electron chi connectivity index (χ1n) is 27.4. The van der Waals surface area contributed by atoms with Crippen LogP contribution >= 0.6 is 0 Å². The molecular weight excluding hydrogens is 945 g/mol. The van der Waals surface area contributed by atoms with Crippen molar-refractivity contribution in [1.82, 2.24) is 9.13 Å². The van der Waals surface area contributed by atoms with Gasteiger partial charge >= 0.3 is 0 Å². The second-order valence-electron chi connectivity index (χ2n) is 21.0. The lowest BCUT2D eigenvalue weighted by Crippen LogP contribution is -2.10. The van der Waals surface area contributed by atoms with Crippen LogP contribution in [0.4, 0.5) is 34.1 Å². The quantitative estimate of drug-likeness (QED) is 0.100. The van der Waals surface area contributed by atoms with Gasteiger partial charge in [-0.05, 0) is 176 Å². The van der Waals surface area contributed by atoms with Gasteiger partial charge in [0.15, 0.2) is 0 Å². The summed E-state index contributed by atoms with van der Waals surface area (Å²) < 4.78 is 4.92. The highest BCUT2D eigenvalue weighted by molar-refractivity contribution is 6.27. The second-order valence-corrected chi connectivity index (χ2v) is 21.0. The largest absolute Gasteiger partial charge is 0.341 e. The van der Waals surface area contributed by atoms with Crippen molar-refractivity contribution in [2.45, 2.75) is 26.9 Å². The van der Waals surface area contributed by atoms with E-state index in [0.29, 0.717) is 0 Å². The van der Waals surface area contributed by atoms with Crippen LogP contribution in [-0.4, -0.2) is 9.13 Å². The number of hydrogen-bond donors (Lipinski definition) is 0. The van der Waals surface area contributed by atoms with Crippen molar-refractivity contribution < 1.29 is 0 Å². The van der Waals surface area contributed by atoms with E-state index < -0.39 is 0 Å². The number of anilines is 6. The maximum atomic E-state index is 2.46. The molecule has 0 aliphatic carbocycles. The van der Waals surface area contributed by atoms with Crippen LogP contribution in [0, 0.1) is 0 Å². The molecule has 0 radical (unpaired) electrons. The topological polar surface area (TPSA) is 16.3 Å². The minimum Gasteiger partial charge on any atom is -0.341 e. The summed E-state index contributed by atoms with van der Waals surface area (Å²) in [6, 6.07) is 90.5. The average molecular weight is 997 g/mol. The van der Waals surface area contributed by atoms with E-state index in [4.69, 9.17) is 0 Å². The molecule has 0 amide bonds. The van der Waals surface area contributed by atoms with Crippen molar-refractivity contribution in [2.75, 3.05) is 9.80 Å². The van der Waals surface area contributed by atoms with Crippen molar-refractivity contribution in [3.05, 3.63) is 254 Å². The lowest BCUT2D eigenvalue weighted by Gasteiger charge is -2.28. The molecule has 368 valence electrons. The molecule has 4 heteroatoms. The molecule has 14 aromatic carbocycles. The highest BCUT2D eigenvalue weighted by atomic mass is 15.2. The fourth-order valence-corrected chi connectivity index (χ4v) is 13.4. The minimum atomic E-state index is 0.876. The molecule has 0 aliphatic rings. The van der Waals surface area contributed by atoms with Gasteiger partial charge in [0.25, 0.3) is 0 Å². The molecule has 0 aliphatic heterocycles. The zero-order valence-corrected chi connectivity index (χ0v) is 43.5. The smallest absolute Gasteiger partial charge is 0.0540 e. The predicted octanol–water partition coefficient (Wildman–Crippen LogP) is 20.8. The Bertz CT molecular complexity index is 4710. The summed E-state index contributed by atoms with van der Waals surface area (Å²) in [4.78, 5) is 4.90. The highest BCUT2D eigenvalue weighted by Crippen LogP contribution is 2.47. The number of para-hydroxylation sites is 2. The second kappa shape index (κ2) is 17.3. The van der Waals surface area contributed by atoms with E-state index in [1.807, 2.05) is 0 Å². The summed E-state index contributed by atoms with van der Waals surface area (Å²) in [6.45, 7) is 6.26. The third-order valence-corrected chi connectivity index (χ3v) is 16.9. The number of benzene rings is 14. The van der Waals surface area contributed by atoms with Crippen LogP contribution in [0.5, 0.6) is 0 Å². The van der Waals surface area contributed by atoms with E-state index >= 15 is 0 Å². The third-order valence-electron chi connectivity index (χ3n) is 16.9. The molecule has 78 heavy (non-hydrogen) atoms. The van der Waals surface area contributed by atoms with Crippen molar-refractivity contribution >= 4 is 155 Å². The van der Waals surface area contributed by atoms with Gasteiger partial charge in [0.1, 0.15) is 0 Å². The predicted molar refractivity (Wildman–Crippen MR) is 336 cm³/mol. The van der Waals surface area contributed by atoms with E-state index in [0.717, 1.165) is 35.8 Å². The zero-order valence-electron chi connectivity index (χ0n) is 43.5. The molecule has 0 bridgehead atoms. The molecule has 0 fully saturated rings. The van der Waals surface area contributed by atoms with Gasteiger partial charge in [-0.15, -0.1) is 0 Å². The third kappa shape index (κ3) is 6.66. The Balaban J connectivity index is 0.803. The number of nitrogens with zero attached hydrogens (tertiary/aromatic N) is 4. The molecule has 16 aromatic rings. The lowest BCUT2D eigenvalue weighted by atomic mass is 9.93. The van der Waals surface area contributed by atoms with Gasteiger partial charge in [0.2, 0.25) is 0 Å². The number of aromatic nitrogens is 2. The number of hydrogen-bond acceptors (Lipinski definition) is 2. The van der Waals surface area contributed by atoms with Crippen molar-refractivity contribution in [1.29, 1.82) is 0 Å². The van der Waals surface area contributed by atoms with E-state index in [1.54, 1.807) is 0 Å². The standard InChI is InChI=1S/C74H52N4/c1-3-75-65-37-23-47(43-61(65)63-45-57(33-41-67(63)75)77(55-17-7-5-8-18-55)69-39-31-53-27-25-49-13-11-15-51-29-35-59(69)73(53)71(49)51)21-22-48-24-38-66-62(44-48)64-46-58(34-42-68(64)76(66)4-2)78(56-19-9-6-10-20-56)70-40-32-54-28-26-50-14-12-16-52-30-36-60(70)74(54)72(50)52/h5-46H,3-4H2,1-2H3/b22-21+. The first kappa shape index (κ1) is 44.4. The Morgan fingerprint density at radius 2 is 0.628 bits per heavy atom. The maximum absolute atomic E-state index is 2.46. The van der Waals surface area contributed by atoms with Crippen molar-refractivity contribution in [3.8, 4) is 0 Å². The van der Waals surface area contributed by atoms with Crippen LogP contribution < -0.4 is 9.80 Å². The molecular formula is C74H52N4. The summed E-state index contributed by atoms with van der Waals surface area (Å²) in [7, 11) is 0. The summed E-state index contributed by atoms with van der Waals surface area (Å²) in [5.41, 5.74) is 14.1. The van der Waals surface area contributed by atoms with E-state index in [-0.39, 0.29) is 0 Å². The SMILES string of the molecule is CCn1c2ccc(/C=C/c3ccc4c(c3)c3cc(N(c5ccccc5)c5ccc6ccc7cccc8ccc5c6c78)ccc3n4CC)cc2c2cc(N(c3ccccc3)c3ccc4ccc5cccc6ccc3c4c56)ccc21. The molecule has 0 atom stereocenters. The van der Waals surface area contributed by atoms with E-state index in [2.05, 4.69) is 288 Å². The van der Waals surface area contributed by atoms with Crippen molar-refractivity contribution in [3.63, 3.8) is 0 Å². The van der Waals surface area contributed by atoms with Gasteiger partial charge in [-0.3, -0.25) is 0 Å². The maximum Gasteiger partial charge on any atom is 0.0540 e. The molecule has 4 nitrogen and oxygen atoms in total. The van der Waals surface area contributed by atoms with E-state index in [1.165, 1.54) is 131 Å². The van der Waals surface area contributed by atoms with Crippen LogP contribution in [0.25, 0.3) is 120 Å². The minimum absolute atomic E-state index is 0.876. The lowest BCUT2D eigenvalue weighted by molar-refractivity contribution is 0.827. The van der Waals surface area contributed by atoms with Crippen molar-refractivity contribution in [2.24, 2.45) is 0 Å². The average Bonchev–Trinajstić information content (AvgIpc) is 4.11. The summed E-state index contributed by atoms with van der Waals surface area (Å²) in [6.07, 6.45) is 4.58. The van der Waals surface area contributed by atoms with Gasteiger partial charge in [-0.1, -0.05) is 158 Å².